The normalized spacial score (nSPS) is 11.7. The number of halogens is 2. The lowest BCUT2D eigenvalue weighted by atomic mass is 10.0. The van der Waals surface area contributed by atoms with Crippen molar-refractivity contribution in [3.05, 3.63) is 99.5 Å². The highest BCUT2D eigenvalue weighted by Crippen LogP contribution is 2.24. The molecule has 0 aliphatic rings. The topological polar surface area (TPSA) is 58.6 Å². The minimum atomic E-state index is -0.706. The van der Waals surface area contributed by atoms with Crippen molar-refractivity contribution in [2.24, 2.45) is 5.92 Å². The lowest BCUT2D eigenvalue weighted by Gasteiger charge is -2.31. The highest BCUT2D eigenvalue weighted by atomic mass is 79.9. The first-order valence-corrected chi connectivity index (χ1v) is 12.7. The minimum Gasteiger partial charge on any atom is -0.482 e. The molecule has 0 saturated carbocycles. The van der Waals surface area contributed by atoms with Crippen LogP contribution in [0.25, 0.3) is 0 Å². The zero-order valence-corrected chi connectivity index (χ0v) is 22.3. The Kier molecular flexibility index (Phi) is 10.2. The Balaban J connectivity index is 1.90. The largest absolute Gasteiger partial charge is 0.482 e. The van der Waals surface area contributed by atoms with Crippen molar-refractivity contribution in [3.63, 3.8) is 0 Å². The molecule has 0 spiro atoms. The van der Waals surface area contributed by atoms with Gasteiger partial charge in [-0.15, -0.1) is 0 Å². The molecule has 3 rings (SSSR count). The van der Waals surface area contributed by atoms with Gasteiger partial charge in [-0.05, 0) is 41.3 Å². The van der Waals surface area contributed by atoms with Gasteiger partial charge in [0, 0.05) is 24.0 Å². The van der Waals surface area contributed by atoms with Gasteiger partial charge in [-0.2, -0.15) is 0 Å². The van der Waals surface area contributed by atoms with Gasteiger partial charge in [-0.25, -0.2) is 0 Å². The third-order valence-electron chi connectivity index (χ3n) is 5.41. The number of rotatable bonds is 11. The van der Waals surface area contributed by atoms with Gasteiger partial charge in [-0.1, -0.05) is 96.0 Å². The fraction of sp³-hybridized carbons (Fsp3) is 0.286. The van der Waals surface area contributed by atoms with Gasteiger partial charge in [0.25, 0.3) is 5.91 Å². The molecule has 1 atom stereocenters. The lowest BCUT2D eigenvalue weighted by Crippen LogP contribution is -2.52. The van der Waals surface area contributed by atoms with Crippen LogP contribution in [0.5, 0.6) is 5.75 Å². The van der Waals surface area contributed by atoms with E-state index in [4.69, 9.17) is 16.3 Å². The molecular formula is C28H30BrClN2O3. The molecule has 184 valence electrons. The average Bonchev–Trinajstić information content (AvgIpc) is 2.85. The fourth-order valence-corrected chi connectivity index (χ4v) is 4.00. The van der Waals surface area contributed by atoms with Crippen LogP contribution in [0.15, 0.2) is 83.3 Å². The number of nitrogens with zero attached hydrogens (tertiary/aromatic N) is 1. The Morgan fingerprint density at radius 3 is 2.26 bits per heavy atom. The van der Waals surface area contributed by atoms with Crippen LogP contribution in [-0.4, -0.2) is 35.9 Å². The number of para-hydroxylation sites is 1. The van der Waals surface area contributed by atoms with Gasteiger partial charge in [0.05, 0.1) is 5.02 Å². The molecule has 0 heterocycles. The number of carbonyl (C=O) groups excluding carboxylic acids is 2. The molecule has 0 aliphatic heterocycles. The van der Waals surface area contributed by atoms with E-state index in [-0.39, 0.29) is 30.9 Å². The van der Waals surface area contributed by atoms with Crippen LogP contribution in [0.1, 0.15) is 25.0 Å². The van der Waals surface area contributed by atoms with E-state index in [9.17, 15) is 9.59 Å². The first-order chi connectivity index (χ1) is 16.8. The molecule has 0 bridgehead atoms. The predicted molar refractivity (Wildman–Crippen MR) is 143 cm³/mol. The van der Waals surface area contributed by atoms with E-state index in [0.717, 1.165) is 15.6 Å². The van der Waals surface area contributed by atoms with E-state index in [1.54, 1.807) is 29.2 Å². The summed E-state index contributed by atoms with van der Waals surface area (Å²) in [5, 5.41) is 3.44. The Morgan fingerprint density at radius 1 is 0.943 bits per heavy atom. The number of benzene rings is 3. The molecular weight excluding hydrogens is 528 g/mol. The molecule has 0 fully saturated rings. The second kappa shape index (κ2) is 13.3. The second-order valence-electron chi connectivity index (χ2n) is 8.71. The van der Waals surface area contributed by atoms with Crippen LogP contribution >= 0.6 is 27.5 Å². The van der Waals surface area contributed by atoms with E-state index in [2.05, 4.69) is 21.2 Å². The van der Waals surface area contributed by atoms with E-state index >= 15 is 0 Å². The maximum atomic E-state index is 13.5. The average molecular weight is 558 g/mol. The molecule has 0 aromatic heterocycles. The third-order valence-corrected chi connectivity index (χ3v) is 6.25. The first kappa shape index (κ1) is 26.8. The molecule has 3 aromatic rings. The molecule has 0 aliphatic carbocycles. The summed E-state index contributed by atoms with van der Waals surface area (Å²) in [7, 11) is 0. The van der Waals surface area contributed by atoms with E-state index < -0.39 is 6.04 Å². The maximum Gasteiger partial charge on any atom is 0.261 e. The monoisotopic (exact) mass is 556 g/mol. The number of hydrogen-bond acceptors (Lipinski definition) is 3. The summed E-state index contributed by atoms with van der Waals surface area (Å²) in [5.74, 6) is 0.227. The summed E-state index contributed by atoms with van der Waals surface area (Å²) in [6.07, 6.45) is 0.388. The number of ether oxygens (including phenoxy) is 1. The summed E-state index contributed by atoms with van der Waals surface area (Å²) in [6, 6.07) is 23.7. The van der Waals surface area contributed by atoms with Gasteiger partial charge in [0.2, 0.25) is 5.91 Å². The van der Waals surface area contributed by atoms with Crippen molar-refractivity contribution in [3.8, 4) is 5.75 Å². The van der Waals surface area contributed by atoms with Crippen LogP contribution < -0.4 is 10.1 Å². The predicted octanol–water partition coefficient (Wildman–Crippen LogP) is 5.89. The van der Waals surface area contributed by atoms with Crippen LogP contribution in [-0.2, 0) is 22.6 Å². The Labute approximate surface area is 220 Å². The molecule has 0 radical (unpaired) electrons. The third kappa shape index (κ3) is 8.41. The standard InChI is InChI=1S/C28H30BrClN2O3/c1-20(2)17-31-28(34)25(16-21-8-4-3-5-9-21)32(18-22-12-14-23(29)15-13-22)27(33)19-35-26-11-7-6-10-24(26)30/h3-15,20,25H,16-19H2,1-2H3,(H,31,34). The molecule has 3 aromatic carbocycles. The Morgan fingerprint density at radius 2 is 1.60 bits per heavy atom. The zero-order chi connectivity index (χ0) is 25.2. The summed E-state index contributed by atoms with van der Waals surface area (Å²) >= 11 is 9.66. The van der Waals surface area contributed by atoms with E-state index in [1.807, 2.05) is 68.4 Å². The van der Waals surface area contributed by atoms with Crippen molar-refractivity contribution in [2.45, 2.75) is 32.9 Å². The smallest absolute Gasteiger partial charge is 0.261 e. The zero-order valence-electron chi connectivity index (χ0n) is 19.9. The number of nitrogens with one attached hydrogen (secondary N) is 1. The van der Waals surface area contributed by atoms with Gasteiger partial charge in [0.1, 0.15) is 11.8 Å². The molecule has 35 heavy (non-hydrogen) atoms. The van der Waals surface area contributed by atoms with Crippen LogP contribution in [0.4, 0.5) is 0 Å². The SMILES string of the molecule is CC(C)CNC(=O)C(Cc1ccccc1)N(Cc1ccc(Br)cc1)C(=O)COc1ccccc1Cl. The van der Waals surface area contributed by atoms with Crippen molar-refractivity contribution in [1.29, 1.82) is 0 Å². The molecule has 1 unspecified atom stereocenters. The van der Waals surface area contributed by atoms with Crippen molar-refractivity contribution >= 4 is 39.3 Å². The van der Waals surface area contributed by atoms with Crippen molar-refractivity contribution < 1.29 is 14.3 Å². The highest BCUT2D eigenvalue weighted by Gasteiger charge is 2.30. The summed E-state index contributed by atoms with van der Waals surface area (Å²) < 4.78 is 6.69. The highest BCUT2D eigenvalue weighted by molar-refractivity contribution is 9.10. The minimum absolute atomic E-state index is 0.189. The van der Waals surface area contributed by atoms with Gasteiger partial charge >= 0.3 is 0 Å². The van der Waals surface area contributed by atoms with Gasteiger partial charge < -0.3 is 15.0 Å². The van der Waals surface area contributed by atoms with Gasteiger partial charge in [-0.3, -0.25) is 9.59 Å². The quantitative estimate of drug-likeness (QED) is 0.320. The first-order valence-electron chi connectivity index (χ1n) is 11.6. The van der Waals surface area contributed by atoms with Gasteiger partial charge in [0.15, 0.2) is 6.61 Å². The Bertz CT molecular complexity index is 1110. The van der Waals surface area contributed by atoms with E-state index in [1.165, 1.54) is 0 Å². The van der Waals surface area contributed by atoms with Crippen molar-refractivity contribution in [2.75, 3.05) is 13.2 Å². The molecule has 5 nitrogen and oxygen atoms in total. The lowest BCUT2D eigenvalue weighted by molar-refractivity contribution is -0.142. The maximum absolute atomic E-state index is 13.5. The summed E-state index contributed by atoms with van der Waals surface area (Å²) in [4.78, 5) is 28.5. The van der Waals surface area contributed by atoms with Crippen LogP contribution in [0.3, 0.4) is 0 Å². The summed E-state index contributed by atoms with van der Waals surface area (Å²) in [5.41, 5.74) is 1.88. The molecule has 1 N–H and O–H groups in total. The Hall–Kier alpha value is -2.83. The fourth-order valence-electron chi connectivity index (χ4n) is 3.55. The van der Waals surface area contributed by atoms with Crippen LogP contribution in [0.2, 0.25) is 5.02 Å². The number of carbonyl (C=O) groups is 2. The second-order valence-corrected chi connectivity index (χ2v) is 10.0. The summed E-state index contributed by atoms with van der Waals surface area (Å²) in [6.45, 7) is 4.64. The van der Waals surface area contributed by atoms with E-state index in [0.29, 0.717) is 23.7 Å². The van der Waals surface area contributed by atoms with Crippen molar-refractivity contribution in [1.82, 2.24) is 10.2 Å². The molecule has 0 saturated heterocycles. The molecule has 2 amide bonds. The number of amides is 2. The number of hydrogen-bond donors (Lipinski definition) is 1. The molecule has 7 heteroatoms. The van der Waals surface area contributed by atoms with Crippen LogP contribution in [0, 0.1) is 5.92 Å².